The Labute approximate surface area is 156 Å². The number of rotatable bonds is 4. The second-order valence-electron chi connectivity index (χ2n) is 5.82. The van der Waals surface area contributed by atoms with Crippen molar-refractivity contribution in [2.75, 3.05) is 7.11 Å². The monoisotopic (exact) mass is 368 g/mol. The van der Waals surface area contributed by atoms with Crippen molar-refractivity contribution in [2.24, 2.45) is 0 Å². The molecule has 0 saturated heterocycles. The molecule has 2 aromatic rings. The number of esters is 1. The van der Waals surface area contributed by atoms with Crippen LogP contribution >= 0.6 is 11.6 Å². The number of hydrogen-bond donors (Lipinski definition) is 0. The fraction of sp³-hybridized carbons (Fsp3) is 0.150. The Morgan fingerprint density at radius 2 is 2.12 bits per heavy atom. The summed E-state index contributed by atoms with van der Waals surface area (Å²) in [6, 6.07) is 10.8. The molecular formula is C20H17ClN2O3. The number of halogens is 1. The summed E-state index contributed by atoms with van der Waals surface area (Å²) >= 11 is 6.02. The number of pyridine rings is 1. The molecule has 0 atom stereocenters. The topological polar surface area (TPSA) is 59.5 Å². The molecule has 1 aliphatic rings. The van der Waals surface area contributed by atoms with Crippen molar-refractivity contribution in [3.63, 3.8) is 0 Å². The third-order valence-corrected chi connectivity index (χ3v) is 4.36. The first-order chi connectivity index (χ1) is 12.5. The summed E-state index contributed by atoms with van der Waals surface area (Å²) in [5, 5.41) is 0.553. The number of benzene rings is 1. The second-order valence-corrected chi connectivity index (χ2v) is 6.25. The number of hydrogen-bond acceptors (Lipinski definition) is 4. The van der Waals surface area contributed by atoms with Crippen LogP contribution in [0.3, 0.4) is 0 Å². The van der Waals surface area contributed by atoms with Gasteiger partial charge in [0.1, 0.15) is 0 Å². The highest BCUT2D eigenvalue weighted by Gasteiger charge is 2.36. The predicted octanol–water partition coefficient (Wildman–Crippen LogP) is 3.61. The van der Waals surface area contributed by atoms with Gasteiger partial charge in [-0.25, -0.2) is 4.79 Å². The highest BCUT2D eigenvalue weighted by Crippen LogP contribution is 2.33. The molecule has 5 nitrogen and oxygen atoms in total. The number of aromatic nitrogens is 1. The van der Waals surface area contributed by atoms with E-state index in [0.717, 1.165) is 11.1 Å². The zero-order chi connectivity index (χ0) is 18.7. The van der Waals surface area contributed by atoms with E-state index >= 15 is 0 Å². The van der Waals surface area contributed by atoms with E-state index in [1.54, 1.807) is 54.6 Å². The quantitative estimate of drug-likeness (QED) is 0.611. The van der Waals surface area contributed by atoms with Crippen LogP contribution in [0.2, 0.25) is 5.02 Å². The lowest BCUT2D eigenvalue weighted by Gasteiger charge is -2.17. The lowest BCUT2D eigenvalue weighted by atomic mass is 10.0. The average molecular weight is 369 g/mol. The third kappa shape index (κ3) is 3.53. The Morgan fingerprint density at radius 1 is 1.31 bits per heavy atom. The van der Waals surface area contributed by atoms with E-state index in [0.29, 0.717) is 22.8 Å². The molecular weight excluding hydrogens is 352 g/mol. The van der Waals surface area contributed by atoms with Gasteiger partial charge in [0, 0.05) is 23.1 Å². The van der Waals surface area contributed by atoms with Crippen molar-refractivity contribution in [1.82, 2.24) is 9.88 Å². The molecule has 26 heavy (non-hydrogen) atoms. The first-order valence-electron chi connectivity index (χ1n) is 7.99. The van der Waals surface area contributed by atoms with Gasteiger partial charge in [0.15, 0.2) is 0 Å². The van der Waals surface area contributed by atoms with Gasteiger partial charge in [0.25, 0.3) is 5.91 Å². The summed E-state index contributed by atoms with van der Waals surface area (Å²) in [5.74, 6) is -0.801. The van der Waals surface area contributed by atoms with Crippen molar-refractivity contribution < 1.29 is 14.3 Å². The second kappa shape index (κ2) is 7.54. The fourth-order valence-corrected chi connectivity index (χ4v) is 3.05. The van der Waals surface area contributed by atoms with Crippen LogP contribution in [0.4, 0.5) is 0 Å². The number of carbonyl (C=O) groups excluding carboxylic acids is 2. The molecule has 1 aromatic heterocycles. The Bertz CT molecular complexity index is 920. The van der Waals surface area contributed by atoms with Crippen LogP contribution in [0.1, 0.15) is 18.1 Å². The molecule has 132 valence electrons. The Morgan fingerprint density at radius 3 is 2.77 bits per heavy atom. The molecule has 0 spiro atoms. The highest BCUT2D eigenvalue weighted by molar-refractivity contribution is 6.30. The average Bonchev–Trinajstić information content (AvgIpc) is 2.86. The maximum Gasteiger partial charge on any atom is 0.340 e. The number of nitrogens with zero attached hydrogens (tertiary/aromatic N) is 2. The molecule has 1 aliphatic heterocycles. The minimum atomic E-state index is -0.544. The van der Waals surface area contributed by atoms with Crippen LogP contribution in [-0.2, 0) is 20.9 Å². The maximum absolute atomic E-state index is 13.0. The summed E-state index contributed by atoms with van der Waals surface area (Å²) < 4.78 is 4.89. The smallest absolute Gasteiger partial charge is 0.340 e. The minimum Gasteiger partial charge on any atom is -0.465 e. The van der Waals surface area contributed by atoms with Gasteiger partial charge in [-0.05, 0) is 42.3 Å². The van der Waals surface area contributed by atoms with Gasteiger partial charge in [-0.15, -0.1) is 0 Å². The Hall–Kier alpha value is -2.92. The van der Waals surface area contributed by atoms with Gasteiger partial charge in [0.05, 0.1) is 24.8 Å². The van der Waals surface area contributed by atoms with Gasteiger partial charge >= 0.3 is 5.97 Å². The third-order valence-electron chi connectivity index (χ3n) is 4.12. The standard InChI is InChI=1S/C20H17ClN2O3/c1-13-18(20(25)26-2)17(10-14-5-3-7-16(21)9-14)19(24)23(13)12-15-6-4-8-22-11-15/h3-11H,12H2,1-2H3. The number of allylic oxidation sites excluding steroid dienone is 1. The molecule has 6 heteroatoms. The van der Waals surface area contributed by atoms with Crippen LogP contribution in [-0.4, -0.2) is 28.9 Å². The summed E-state index contributed by atoms with van der Waals surface area (Å²) in [6.45, 7) is 2.06. The first-order valence-corrected chi connectivity index (χ1v) is 8.36. The van der Waals surface area contributed by atoms with Crippen molar-refractivity contribution in [3.05, 3.63) is 81.8 Å². The lowest BCUT2D eigenvalue weighted by molar-refractivity contribution is -0.136. The SMILES string of the molecule is COC(=O)C1=C(C)N(Cc2cccnc2)C(=O)C1=Cc1cccc(Cl)c1. The van der Waals surface area contributed by atoms with Gasteiger partial charge in [0.2, 0.25) is 0 Å². The summed E-state index contributed by atoms with van der Waals surface area (Å²) in [7, 11) is 1.30. The molecule has 0 N–H and O–H groups in total. The van der Waals surface area contributed by atoms with E-state index in [1.807, 2.05) is 12.1 Å². The first kappa shape index (κ1) is 17.9. The highest BCUT2D eigenvalue weighted by atomic mass is 35.5. The Kier molecular flexibility index (Phi) is 5.19. The van der Waals surface area contributed by atoms with Crippen LogP contribution in [0, 0.1) is 0 Å². The fourth-order valence-electron chi connectivity index (χ4n) is 2.86. The van der Waals surface area contributed by atoms with Crippen molar-refractivity contribution in [2.45, 2.75) is 13.5 Å². The Balaban J connectivity index is 2.03. The number of carbonyl (C=O) groups is 2. The van der Waals surface area contributed by atoms with E-state index in [-0.39, 0.29) is 11.5 Å². The van der Waals surface area contributed by atoms with E-state index in [9.17, 15) is 9.59 Å². The normalized spacial score (nSPS) is 15.7. The molecule has 0 radical (unpaired) electrons. The van der Waals surface area contributed by atoms with Gasteiger partial charge in [-0.1, -0.05) is 29.8 Å². The van der Waals surface area contributed by atoms with Crippen molar-refractivity contribution >= 4 is 29.6 Å². The minimum absolute atomic E-state index is 0.258. The zero-order valence-corrected chi connectivity index (χ0v) is 15.2. The van der Waals surface area contributed by atoms with E-state index in [2.05, 4.69) is 4.98 Å². The molecule has 0 unspecified atom stereocenters. The van der Waals surface area contributed by atoms with Crippen LogP contribution < -0.4 is 0 Å². The maximum atomic E-state index is 13.0. The largest absolute Gasteiger partial charge is 0.465 e. The molecule has 0 bridgehead atoms. The van der Waals surface area contributed by atoms with E-state index < -0.39 is 5.97 Å². The zero-order valence-electron chi connectivity index (χ0n) is 14.4. The number of methoxy groups -OCH3 is 1. The molecule has 1 amide bonds. The molecule has 0 saturated carbocycles. The molecule has 1 aromatic carbocycles. The molecule has 0 fully saturated rings. The molecule has 3 rings (SSSR count). The van der Waals surface area contributed by atoms with Crippen LogP contribution in [0.25, 0.3) is 6.08 Å². The number of amides is 1. The van der Waals surface area contributed by atoms with Gasteiger partial charge in [-0.2, -0.15) is 0 Å². The van der Waals surface area contributed by atoms with Crippen LogP contribution in [0.5, 0.6) is 0 Å². The summed E-state index contributed by atoms with van der Waals surface area (Å²) in [5.41, 5.74) is 2.72. The van der Waals surface area contributed by atoms with E-state index in [4.69, 9.17) is 16.3 Å². The van der Waals surface area contributed by atoms with E-state index in [1.165, 1.54) is 7.11 Å². The molecule has 0 aliphatic carbocycles. The summed E-state index contributed by atoms with van der Waals surface area (Å²) in [4.78, 5) is 30.9. The van der Waals surface area contributed by atoms with Gasteiger partial charge < -0.3 is 9.64 Å². The van der Waals surface area contributed by atoms with Crippen molar-refractivity contribution in [1.29, 1.82) is 0 Å². The lowest BCUT2D eigenvalue weighted by Crippen LogP contribution is -2.24. The number of ether oxygens (including phenoxy) is 1. The van der Waals surface area contributed by atoms with Crippen molar-refractivity contribution in [3.8, 4) is 0 Å². The van der Waals surface area contributed by atoms with Gasteiger partial charge in [-0.3, -0.25) is 9.78 Å². The van der Waals surface area contributed by atoms with Crippen LogP contribution in [0.15, 0.2) is 65.6 Å². The molecule has 2 heterocycles. The summed E-state index contributed by atoms with van der Waals surface area (Å²) in [6.07, 6.45) is 5.02. The predicted molar refractivity (Wildman–Crippen MR) is 98.9 cm³/mol.